The molecule has 1 fully saturated rings. The van der Waals surface area contributed by atoms with Crippen LogP contribution in [0.5, 0.6) is 0 Å². The molecule has 3 heteroatoms. The number of fused-ring (bicyclic) bond motifs is 3. The van der Waals surface area contributed by atoms with Crippen LogP contribution >= 0.6 is 0 Å². The number of nitrogens with zero attached hydrogens (tertiary/aromatic N) is 1. The van der Waals surface area contributed by atoms with E-state index in [1.54, 1.807) is 0 Å². The zero-order valence-electron chi connectivity index (χ0n) is 14.4. The van der Waals surface area contributed by atoms with Gasteiger partial charge in [-0.2, -0.15) is 0 Å². The molecule has 0 unspecified atom stereocenters. The van der Waals surface area contributed by atoms with Crippen LogP contribution in [0.2, 0.25) is 0 Å². The quantitative estimate of drug-likeness (QED) is 0.812. The van der Waals surface area contributed by atoms with Gasteiger partial charge >= 0.3 is 0 Å². The van der Waals surface area contributed by atoms with Crippen LogP contribution in [0.25, 0.3) is 16.3 Å². The molecule has 1 amide bonds. The van der Waals surface area contributed by atoms with Crippen molar-refractivity contribution >= 4 is 22.3 Å². The van der Waals surface area contributed by atoms with E-state index in [-0.39, 0.29) is 11.4 Å². The Morgan fingerprint density at radius 3 is 2.67 bits per heavy atom. The predicted molar refractivity (Wildman–Crippen MR) is 98.7 cm³/mol. The molecule has 4 rings (SSSR count). The zero-order chi connectivity index (χ0) is 16.7. The maximum Gasteiger partial charge on any atom is 0.246 e. The van der Waals surface area contributed by atoms with Crippen molar-refractivity contribution in [2.45, 2.75) is 38.8 Å². The second-order valence-corrected chi connectivity index (χ2v) is 7.39. The van der Waals surface area contributed by atoms with Crippen LogP contribution in [0, 0.1) is 0 Å². The molecule has 0 aromatic heterocycles. The van der Waals surface area contributed by atoms with E-state index >= 15 is 0 Å². The molecule has 2 aromatic carbocycles. The van der Waals surface area contributed by atoms with E-state index in [2.05, 4.69) is 55.6 Å². The number of benzene rings is 2. The van der Waals surface area contributed by atoms with Crippen LogP contribution in [0.3, 0.4) is 0 Å². The van der Waals surface area contributed by atoms with Gasteiger partial charge < -0.3 is 10.2 Å². The van der Waals surface area contributed by atoms with Gasteiger partial charge in [0.05, 0.1) is 0 Å². The molecular weight excluding hydrogens is 296 g/mol. The summed E-state index contributed by atoms with van der Waals surface area (Å²) in [4.78, 5) is 14.7. The van der Waals surface area contributed by atoms with Crippen LogP contribution in [-0.2, 0) is 11.3 Å². The van der Waals surface area contributed by atoms with Gasteiger partial charge in [0.2, 0.25) is 5.91 Å². The normalized spacial score (nSPS) is 21.2. The van der Waals surface area contributed by atoms with Crippen LogP contribution in [0.4, 0.5) is 0 Å². The Hall–Kier alpha value is -2.13. The summed E-state index contributed by atoms with van der Waals surface area (Å²) >= 11 is 0. The molecule has 1 saturated heterocycles. The maximum atomic E-state index is 12.8. The minimum absolute atomic E-state index is 0.151. The monoisotopic (exact) mass is 320 g/mol. The van der Waals surface area contributed by atoms with Crippen molar-refractivity contribution in [3.8, 4) is 0 Å². The van der Waals surface area contributed by atoms with Crippen LogP contribution in [0.15, 0.2) is 42.5 Å². The van der Waals surface area contributed by atoms with E-state index in [0.717, 1.165) is 38.0 Å². The molecule has 0 radical (unpaired) electrons. The van der Waals surface area contributed by atoms with Gasteiger partial charge in [-0.05, 0) is 54.2 Å². The third-order valence-corrected chi connectivity index (χ3v) is 5.36. The number of hydrogen-bond donors (Lipinski definition) is 1. The summed E-state index contributed by atoms with van der Waals surface area (Å²) in [5.41, 5.74) is 3.40. The van der Waals surface area contributed by atoms with E-state index in [1.807, 2.05) is 11.0 Å². The highest BCUT2D eigenvalue weighted by molar-refractivity contribution is 6.04. The number of nitrogens with one attached hydrogen (secondary N) is 1. The van der Waals surface area contributed by atoms with E-state index in [9.17, 15) is 4.79 Å². The molecular formula is C21H24N2O. The van der Waals surface area contributed by atoms with Crippen molar-refractivity contribution in [1.82, 2.24) is 10.2 Å². The second-order valence-electron chi connectivity index (χ2n) is 7.39. The molecule has 24 heavy (non-hydrogen) atoms. The minimum atomic E-state index is -0.216. The topological polar surface area (TPSA) is 32.3 Å². The molecule has 0 aliphatic carbocycles. The molecule has 0 spiro atoms. The van der Waals surface area contributed by atoms with E-state index < -0.39 is 0 Å². The zero-order valence-corrected chi connectivity index (χ0v) is 14.4. The number of likely N-dealkylation sites (tertiary alicyclic amines) is 1. The molecule has 2 aliphatic heterocycles. The molecule has 3 nitrogen and oxygen atoms in total. The molecule has 2 aromatic rings. The first-order valence-electron chi connectivity index (χ1n) is 8.83. The summed E-state index contributed by atoms with van der Waals surface area (Å²) in [5, 5.41) is 6.06. The molecule has 0 bridgehead atoms. The third-order valence-electron chi connectivity index (χ3n) is 5.36. The second kappa shape index (κ2) is 5.75. The van der Waals surface area contributed by atoms with E-state index in [4.69, 9.17) is 0 Å². The van der Waals surface area contributed by atoms with Gasteiger partial charge in [0.25, 0.3) is 0 Å². The van der Waals surface area contributed by atoms with Gasteiger partial charge in [0.1, 0.15) is 0 Å². The molecule has 0 saturated carbocycles. The molecule has 1 N–H and O–H groups in total. The predicted octanol–water partition coefficient (Wildman–Crippen LogP) is 3.73. The number of carbonyl (C=O) groups excluding carboxylic acids is 1. The maximum absolute atomic E-state index is 12.8. The average molecular weight is 320 g/mol. The first-order valence-corrected chi connectivity index (χ1v) is 8.83. The summed E-state index contributed by atoms with van der Waals surface area (Å²) in [7, 11) is 0. The molecule has 2 heterocycles. The Morgan fingerprint density at radius 2 is 1.88 bits per heavy atom. The lowest BCUT2D eigenvalue weighted by Crippen LogP contribution is -2.44. The first-order chi connectivity index (χ1) is 11.6. The van der Waals surface area contributed by atoms with Crippen LogP contribution in [0.1, 0.15) is 37.8 Å². The Balaban J connectivity index is 1.89. The van der Waals surface area contributed by atoms with Gasteiger partial charge in [-0.15, -0.1) is 0 Å². The van der Waals surface area contributed by atoms with Crippen LogP contribution in [-0.4, -0.2) is 29.4 Å². The lowest BCUT2D eigenvalue weighted by atomic mass is 9.79. The summed E-state index contributed by atoms with van der Waals surface area (Å²) < 4.78 is 0. The summed E-state index contributed by atoms with van der Waals surface area (Å²) in [6.45, 7) is 6.95. The Bertz CT molecular complexity index is 829. The SMILES string of the molecule is CC1(C)NCc2ccc3ccccc3c2C1=CC(=O)N1CCCC1. The summed E-state index contributed by atoms with van der Waals surface area (Å²) in [6.07, 6.45) is 4.12. The molecule has 124 valence electrons. The number of amides is 1. The third kappa shape index (κ3) is 2.53. The fraction of sp³-hybridized carbons (Fsp3) is 0.381. The minimum Gasteiger partial charge on any atom is -0.339 e. The van der Waals surface area contributed by atoms with Crippen molar-refractivity contribution in [2.24, 2.45) is 0 Å². The first kappa shape index (κ1) is 15.4. The number of rotatable bonds is 1. The van der Waals surface area contributed by atoms with Gasteiger partial charge in [-0.1, -0.05) is 36.4 Å². The number of hydrogen-bond acceptors (Lipinski definition) is 2. The summed E-state index contributed by atoms with van der Waals surface area (Å²) in [5.74, 6) is 0.151. The molecule has 2 aliphatic rings. The Morgan fingerprint density at radius 1 is 1.12 bits per heavy atom. The smallest absolute Gasteiger partial charge is 0.246 e. The van der Waals surface area contributed by atoms with Gasteiger partial charge in [-0.3, -0.25) is 4.79 Å². The Labute approximate surface area is 143 Å². The number of carbonyl (C=O) groups is 1. The van der Waals surface area contributed by atoms with E-state index in [0.29, 0.717) is 0 Å². The highest BCUT2D eigenvalue weighted by atomic mass is 16.2. The Kier molecular flexibility index (Phi) is 3.69. The highest BCUT2D eigenvalue weighted by Gasteiger charge is 2.32. The average Bonchev–Trinajstić information content (AvgIpc) is 3.11. The van der Waals surface area contributed by atoms with Crippen molar-refractivity contribution in [2.75, 3.05) is 13.1 Å². The largest absolute Gasteiger partial charge is 0.339 e. The summed E-state index contributed by atoms with van der Waals surface area (Å²) in [6, 6.07) is 12.8. The fourth-order valence-corrected chi connectivity index (χ4v) is 3.91. The van der Waals surface area contributed by atoms with Crippen molar-refractivity contribution in [3.05, 3.63) is 53.6 Å². The van der Waals surface area contributed by atoms with E-state index in [1.165, 1.54) is 21.9 Å². The standard InChI is InChI=1S/C21H24N2O/c1-21(2)18(13-19(24)23-11-5-6-12-23)20-16(14-22-21)10-9-15-7-3-4-8-17(15)20/h3-4,7-10,13,22H,5-6,11-12,14H2,1-2H3. The van der Waals surface area contributed by atoms with Gasteiger partial charge in [-0.25, -0.2) is 0 Å². The highest BCUT2D eigenvalue weighted by Crippen LogP contribution is 2.38. The van der Waals surface area contributed by atoms with Crippen molar-refractivity contribution < 1.29 is 4.79 Å². The molecule has 0 atom stereocenters. The van der Waals surface area contributed by atoms with Gasteiger partial charge in [0.15, 0.2) is 0 Å². The van der Waals surface area contributed by atoms with Crippen LogP contribution < -0.4 is 5.32 Å². The van der Waals surface area contributed by atoms with Crippen molar-refractivity contribution in [1.29, 1.82) is 0 Å². The lowest BCUT2D eigenvalue weighted by Gasteiger charge is -2.37. The van der Waals surface area contributed by atoms with Crippen molar-refractivity contribution in [3.63, 3.8) is 0 Å². The fourth-order valence-electron chi connectivity index (χ4n) is 3.91. The van der Waals surface area contributed by atoms with Gasteiger partial charge in [0, 0.05) is 31.2 Å². The lowest BCUT2D eigenvalue weighted by molar-refractivity contribution is -0.124.